The molecule has 1 atom stereocenters. The standard InChI is InChI=1S/C15H26O4/c1-11(2)13(16)19-14(17)18-9-7-12-6-5-8-15(3,4)10-12/h11-12H,5-10H2,1-4H3. The van der Waals surface area contributed by atoms with Crippen molar-refractivity contribution in [3.05, 3.63) is 0 Å². The van der Waals surface area contributed by atoms with E-state index in [-0.39, 0.29) is 5.92 Å². The first-order valence-corrected chi connectivity index (χ1v) is 7.18. The first-order chi connectivity index (χ1) is 8.80. The van der Waals surface area contributed by atoms with Crippen molar-refractivity contribution in [1.82, 2.24) is 0 Å². The zero-order chi connectivity index (χ0) is 14.5. The van der Waals surface area contributed by atoms with Gasteiger partial charge in [-0.15, -0.1) is 0 Å². The Balaban J connectivity index is 2.20. The van der Waals surface area contributed by atoms with Crippen molar-refractivity contribution in [2.75, 3.05) is 6.61 Å². The lowest BCUT2D eigenvalue weighted by Crippen LogP contribution is -2.24. The Kier molecular flexibility index (Phi) is 5.83. The fourth-order valence-corrected chi connectivity index (χ4v) is 2.64. The SMILES string of the molecule is CC(C)C(=O)OC(=O)OCCC1CCCC(C)(C)C1. The number of rotatable bonds is 4. The Morgan fingerprint density at radius 3 is 2.58 bits per heavy atom. The van der Waals surface area contributed by atoms with Crippen LogP contribution in [0.4, 0.5) is 4.79 Å². The van der Waals surface area contributed by atoms with Crippen LogP contribution in [-0.2, 0) is 14.3 Å². The molecule has 0 radical (unpaired) electrons. The van der Waals surface area contributed by atoms with Gasteiger partial charge in [0.05, 0.1) is 12.5 Å². The van der Waals surface area contributed by atoms with Gasteiger partial charge in [0.1, 0.15) is 0 Å². The van der Waals surface area contributed by atoms with Gasteiger partial charge >= 0.3 is 12.1 Å². The van der Waals surface area contributed by atoms with Crippen LogP contribution in [0.5, 0.6) is 0 Å². The fourth-order valence-electron chi connectivity index (χ4n) is 2.64. The van der Waals surface area contributed by atoms with E-state index in [2.05, 4.69) is 18.6 Å². The zero-order valence-corrected chi connectivity index (χ0v) is 12.5. The summed E-state index contributed by atoms with van der Waals surface area (Å²) < 4.78 is 9.49. The number of carbonyl (C=O) groups excluding carboxylic acids is 2. The first-order valence-electron chi connectivity index (χ1n) is 7.18. The molecule has 1 aliphatic rings. The summed E-state index contributed by atoms with van der Waals surface area (Å²) in [5.41, 5.74) is 0.400. The molecule has 110 valence electrons. The minimum atomic E-state index is -0.867. The van der Waals surface area contributed by atoms with Crippen LogP contribution in [0, 0.1) is 17.3 Å². The van der Waals surface area contributed by atoms with Gasteiger partial charge in [-0.2, -0.15) is 0 Å². The topological polar surface area (TPSA) is 52.6 Å². The molecule has 1 rings (SSSR count). The van der Waals surface area contributed by atoms with Crippen molar-refractivity contribution in [2.45, 2.75) is 59.8 Å². The zero-order valence-electron chi connectivity index (χ0n) is 12.5. The highest BCUT2D eigenvalue weighted by molar-refractivity contribution is 5.82. The molecule has 1 fully saturated rings. The van der Waals surface area contributed by atoms with Gasteiger partial charge in [0, 0.05) is 0 Å². The van der Waals surface area contributed by atoms with E-state index in [9.17, 15) is 9.59 Å². The number of hydrogen-bond donors (Lipinski definition) is 0. The van der Waals surface area contributed by atoms with Crippen molar-refractivity contribution < 1.29 is 19.1 Å². The highest BCUT2D eigenvalue weighted by Crippen LogP contribution is 2.39. The second-order valence-corrected chi connectivity index (χ2v) is 6.59. The molecule has 4 nitrogen and oxygen atoms in total. The molecule has 19 heavy (non-hydrogen) atoms. The van der Waals surface area contributed by atoms with Crippen LogP contribution >= 0.6 is 0 Å². The predicted molar refractivity (Wildman–Crippen MR) is 72.6 cm³/mol. The average molecular weight is 270 g/mol. The summed E-state index contributed by atoms with van der Waals surface area (Å²) in [5.74, 6) is -0.243. The maximum atomic E-state index is 11.3. The van der Waals surface area contributed by atoms with Gasteiger partial charge < -0.3 is 9.47 Å². The van der Waals surface area contributed by atoms with Crippen molar-refractivity contribution in [3.63, 3.8) is 0 Å². The van der Waals surface area contributed by atoms with E-state index in [1.54, 1.807) is 13.8 Å². The lowest BCUT2D eigenvalue weighted by atomic mass is 9.71. The number of hydrogen-bond acceptors (Lipinski definition) is 4. The van der Waals surface area contributed by atoms with E-state index in [1.165, 1.54) is 25.7 Å². The fraction of sp³-hybridized carbons (Fsp3) is 0.867. The first kappa shape index (κ1) is 16.0. The molecule has 1 aliphatic carbocycles. The summed E-state index contributed by atoms with van der Waals surface area (Å²) in [4.78, 5) is 22.4. The van der Waals surface area contributed by atoms with Crippen LogP contribution in [0.3, 0.4) is 0 Å². The van der Waals surface area contributed by atoms with Crippen molar-refractivity contribution in [3.8, 4) is 0 Å². The molecule has 1 unspecified atom stereocenters. The maximum absolute atomic E-state index is 11.3. The van der Waals surface area contributed by atoms with Crippen molar-refractivity contribution >= 4 is 12.1 Å². The lowest BCUT2D eigenvalue weighted by molar-refractivity contribution is -0.143. The van der Waals surface area contributed by atoms with Crippen LogP contribution in [0.15, 0.2) is 0 Å². The van der Waals surface area contributed by atoms with Gasteiger partial charge in [-0.05, 0) is 30.6 Å². The molecule has 0 saturated heterocycles. The molecule has 0 amide bonds. The van der Waals surface area contributed by atoms with Gasteiger partial charge in [0.15, 0.2) is 0 Å². The summed E-state index contributed by atoms with van der Waals surface area (Å²) in [5, 5.41) is 0. The van der Waals surface area contributed by atoms with Gasteiger partial charge in [0.2, 0.25) is 0 Å². The molecule has 0 N–H and O–H groups in total. The number of ether oxygens (including phenoxy) is 2. The van der Waals surface area contributed by atoms with E-state index < -0.39 is 12.1 Å². The molecule has 0 aliphatic heterocycles. The average Bonchev–Trinajstić information content (AvgIpc) is 2.27. The molecular weight excluding hydrogens is 244 g/mol. The quantitative estimate of drug-likeness (QED) is 0.573. The van der Waals surface area contributed by atoms with Crippen molar-refractivity contribution in [2.24, 2.45) is 17.3 Å². The van der Waals surface area contributed by atoms with Crippen LogP contribution in [-0.4, -0.2) is 18.7 Å². The third-order valence-electron chi connectivity index (χ3n) is 3.71. The summed E-state index contributed by atoms with van der Waals surface area (Å²) in [6, 6.07) is 0. The highest BCUT2D eigenvalue weighted by Gasteiger charge is 2.27. The number of carbonyl (C=O) groups is 2. The normalized spacial score (nSPS) is 22.1. The van der Waals surface area contributed by atoms with E-state index >= 15 is 0 Å². The summed E-state index contributed by atoms with van der Waals surface area (Å²) in [6.45, 7) is 8.27. The maximum Gasteiger partial charge on any atom is 0.516 e. The molecule has 0 aromatic carbocycles. The van der Waals surface area contributed by atoms with Crippen LogP contribution < -0.4 is 0 Å². The van der Waals surface area contributed by atoms with Crippen LogP contribution in [0.1, 0.15) is 59.8 Å². The number of esters is 1. The molecule has 0 spiro atoms. The Labute approximate surface area is 115 Å². The second-order valence-electron chi connectivity index (χ2n) is 6.59. The van der Waals surface area contributed by atoms with Gasteiger partial charge in [-0.1, -0.05) is 40.5 Å². The van der Waals surface area contributed by atoms with Gasteiger partial charge in [-0.25, -0.2) is 4.79 Å². The third-order valence-corrected chi connectivity index (χ3v) is 3.71. The van der Waals surface area contributed by atoms with Gasteiger partial charge in [-0.3, -0.25) is 4.79 Å². The Hall–Kier alpha value is -1.06. The minimum Gasteiger partial charge on any atom is -0.434 e. The molecular formula is C15H26O4. The van der Waals surface area contributed by atoms with Gasteiger partial charge in [0.25, 0.3) is 0 Å². The van der Waals surface area contributed by atoms with Crippen molar-refractivity contribution in [1.29, 1.82) is 0 Å². The molecule has 0 aromatic rings. The molecule has 0 heterocycles. The van der Waals surface area contributed by atoms with Crippen LogP contribution in [0.25, 0.3) is 0 Å². The largest absolute Gasteiger partial charge is 0.516 e. The Morgan fingerprint density at radius 2 is 2.00 bits per heavy atom. The minimum absolute atomic E-state index is 0.313. The summed E-state index contributed by atoms with van der Waals surface area (Å²) in [7, 11) is 0. The third kappa shape index (κ3) is 6.08. The molecule has 4 heteroatoms. The molecule has 0 bridgehead atoms. The van der Waals surface area contributed by atoms with E-state index in [1.807, 2.05) is 0 Å². The van der Waals surface area contributed by atoms with E-state index in [0.717, 1.165) is 6.42 Å². The van der Waals surface area contributed by atoms with E-state index in [4.69, 9.17) is 4.74 Å². The van der Waals surface area contributed by atoms with E-state index in [0.29, 0.717) is 17.9 Å². The summed E-state index contributed by atoms with van der Waals surface area (Å²) >= 11 is 0. The Bertz CT molecular complexity index is 320. The predicted octanol–water partition coefficient (Wildman–Crippen LogP) is 3.93. The Morgan fingerprint density at radius 1 is 1.32 bits per heavy atom. The monoisotopic (exact) mass is 270 g/mol. The van der Waals surface area contributed by atoms with Crippen LogP contribution in [0.2, 0.25) is 0 Å². The smallest absolute Gasteiger partial charge is 0.434 e. The molecule has 1 saturated carbocycles. The second kappa shape index (κ2) is 6.92. The molecule has 0 aromatic heterocycles. The highest BCUT2D eigenvalue weighted by atomic mass is 16.7. The lowest BCUT2D eigenvalue weighted by Gasteiger charge is -2.35. The summed E-state index contributed by atoms with van der Waals surface area (Å²) in [6.07, 6.45) is 4.88.